The van der Waals surface area contributed by atoms with Crippen molar-refractivity contribution in [3.8, 4) is 0 Å². The third kappa shape index (κ3) is 3.83. The van der Waals surface area contributed by atoms with Gasteiger partial charge in [-0.3, -0.25) is 9.59 Å². The number of carbonyl (C=O) groups excluding carboxylic acids is 2. The molecule has 1 aliphatic heterocycles. The summed E-state index contributed by atoms with van der Waals surface area (Å²) in [6.07, 6.45) is -5.67. The van der Waals surface area contributed by atoms with E-state index < -0.39 is 24.9 Å². The van der Waals surface area contributed by atoms with Crippen molar-refractivity contribution < 1.29 is 22.8 Å². The number of ketones is 1. The van der Waals surface area contributed by atoms with E-state index in [4.69, 9.17) is 0 Å². The molecule has 92 valence electrons. The molecule has 1 rings (SSSR count). The van der Waals surface area contributed by atoms with Crippen LogP contribution in [-0.2, 0) is 9.59 Å². The molecule has 1 amide bonds. The van der Waals surface area contributed by atoms with Crippen LogP contribution in [0.4, 0.5) is 13.2 Å². The first kappa shape index (κ1) is 13.0. The molecule has 0 aromatic carbocycles. The van der Waals surface area contributed by atoms with E-state index in [-0.39, 0.29) is 31.2 Å². The molecule has 0 spiro atoms. The number of halogens is 3. The van der Waals surface area contributed by atoms with Gasteiger partial charge in [-0.25, -0.2) is 0 Å². The summed E-state index contributed by atoms with van der Waals surface area (Å²) in [4.78, 5) is 23.9. The molecule has 16 heavy (non-hydrogen) atoms. The number of nitrogens with zero attached hydrogens (tertiary/aromatic N) is 1. The molecule has 0 bridgehead atoms. The Hall–Kier alpha value is -1.07. The van der Waals surface area contributed by atoms with Gasteiger partial charge in [0.15, 0.2) is 0 Å². The molecule has 1 unspecified atom stereocenters. The number of Topliss-reactive ketones (excluding diaryl/α,β-unsaturated/α-hetero) is 1. The molecule has 1 fully saturated rings. The zero-order valence-corrected chi connectivity index (χ0v) is 9.01. The maximum Gasteiger partial charge on any atom is 0.389 e. The van der Waals surface area contributed by atoms with Crippen LogP contribution in [0.2, 0.25) is 0 Å². The maximum absolute atomic E-state index is 11.9. The third-order valence-corrected chi connectivity index (χ3v) is 2.65. The number of piperidine rings is 1. The molecule has 0 radical (unpaired) electrons. The average molecular weight is 237 g/mol. The zero-order valence-electron chi connectivity index (χ0n) is 9.01. The van der Waals surface area contributed by atoms with Gasteiger partial charge in [-0.05, 0) is 0 Å². The molecule has 1 atom stereocenters. The molecule has 3 nitrogen and oxygen atoms in total. The topological polar surface area (TPSA) is 37.4 Å². The van der Waals surface area contributed by atoms with Gasteiger partial charge in [0.25, 0.3) is 0 Å². The van der Waals surface area contributed by atoms with Gasteiger partial charge < -0.3 is 4.90 Å². The fourth-order valence-corrected chi connectivity index (χ4v) is 1.65. The van der Waals surface area contributed by atoms with Gasteiger partial charge in [0.05, 0.1) is 6.42 Å². The van der Waals surface area contributed by atoms with E-state index in [0.717, 1.165) is 0 Å². The number of hydrogen-bond donors (Lipinski definition) is 0. The van der Waals surface area contributed by atoms with Gasteiger partial charge in [-0.15, -0.1) is 0 Å². The molecule has 0 aromatic heterocycles. The normalized spacial score (nSPS) is 22.4. The number of alkyl halides is 3. The lowest BCUT2D eigenvalue weighted by Gasteiger charge is -2.30. The molecule has 6 heteroatoms. The molecule has 0 saturated carbocycles. The summed E-state index contributed by atoms with van der Waals surface area (Å²) < 4.78 is 35.7. The summed E-state index contributed by atoms with van der Waals surface area (Å²) in [5.41, 5.74) is 0. The van der Waals surface area contributed by atoms with Crippen LogP contribution in [0.3, 0.4) is 0 Å². The Morgan fingerprint density at radius 2 is 2.12 bits per heavy atom. The lowest BCUT2D eigenvalue weighted by Crippen LogP contribution is -2.43. The minimum absolute atomic E-state index is 0.0693. The second-order valence-corrected chi connectivity index (χ2v) is 4.07. The lowest BCUT2D eigenvalue weighted by atomic mass is 9.98. The predicted molar refractivity (Wildman–Crippen MR) is 50.7 cm³/mol. The number of amides is 1. The van der Waals surface area contributed by atoms with Gasteiger partial charge in [0.1, 0.15) is 5.78 Å². The minimum atomic E-state index is -4.30. The predicted octanol–water partition coefficient (Wildman–Crippen LogP) is 1.77. The van der Waals surface area contributed by atoms with Gasteiger partial charge in [-0.2, -0.15) is 13.2 Å². The molecule has 0 aromatic rings. The first-order valence-corrected chi connectivity index (χ1v) is 5.17. The van der Waals surface area contributed by atoms with Gasteiger partial charge in [-0.1, -0.05) is 6.92 Å². The van der Waals surface area contributed by atoms with Crippen molar-refractivity contribution in [3.63, 3.8) is 0 Å². The zero-order chi connectivity index (χ0) is 12.3. The Kier molecular flexibility index (Phi) is 3.93. The Balaban J connectivity index is 2.41. The number of rotatable bonds is 2. The summed E-state index contributed by atoms with van der Waals surface area (Å²) in [6, 6.07) is 0. The van der Waals surface area contributed by atoms with Crippen LogP contribution in [0.1, 0.15) is 26.2 Å². The summed E-state index contributed by atoms with van der Waals surface area (Å²) in [5, 5.41) is 0. The van der Waals surface area contributed by atoms with Crippen molar-refractivity contribution in [1.29, 1.82) is 0 Å². The van der Waals surface area contributed by atoms with Crippen molar-refractivity contribution in [2.24, 2.45) is 5.92 Å². The van der Waals surface area contributed by atoms with Gasteiger partial charge in [0, 0.05) is 31.8 Å². The van der Waals surface area contributed by atoms with Crippen LogP contribution < -0.4 is 0 Å². The van der Waals surface area contributed by atoms with E-state index in [1.807, 2.05) is 0 Å². The lowest BCUT2D eigenvalue weighted by molar-refractivity contribution is -0.151. The van der Waals surface area contributed by atoms with Crippen molar-refractivity contribution in [3.05, 3.63) is 0 Å². The Morgan fingerprint density at radius 1 is 1.50 bits per heavy atom. The second kappa shape index (κ2) is 4.84. The summed E-state index contributed by atoms with van der Waals surface area (Å²) in [7, 11) is 0. The SMILES string of the molecule is CC1CN(C(=O)CCC(F)(F)F)CCC1=O. The fourth-order valence-electron chi connectivity index (χ4n) is 1.65. The van der Waals surface area contributed by atoms with Crippen molar-refractivity contribution >= 4 is 11.7 Å². The highest BCUT2D eigenvalue weighted by Crippen LogP contribution is 2.22. The smallest absolute Gasteiger partial charge is 0.342 e. The second-order valence-electron chi connectivity index (χ2n) is 4.07. The molecular formula is C10H14F3NO2. The Morgan fingerprint density at radius 3 is 2.62 bits per heavy atom. The summed E-state index contributed by atoms with van der Waals surface area (Å²) >= 11 is 0. The van der Waals surface area contributed by atoms with E-state index in [2.05, 4.69) is 0 Å². The molecular weight excluding hydrogens is 223 g/mol. The molecule has 1 heterocycles. The quantitative estimate of drug-likeness (QED) is 0.734. The van der Waals surface area contributed by atoms with Gasteiger partial charge >= 0.3 is 6.18 Å². The molecule has 1 aliphatic rings. The highest BCUT2D eigenvalue weighted by molar-refractivity contribution is 5.85. The van der Waals surface area contributed by atoms with Crippen molar-refractivity contribution in [2.45, 2.75) is 32.4 Å². The highest BCUT2D eigenvalue weighted by atomic mass is 19.4. The van der Waals surface area contributed by atoms with E-state index >= 15 is 0 Å². The third-order valence-electron chi connectivity index (χ3n) is 2.65. The van der Waals surface area contributed by atoms with Crippen LogP contribution in [0.25, 0.3) is 0 Å². The fraction of sp³-hybridized carbons (Fsp3) is 0.800. The maximum atomic E-state index is 11.9. The van der Waals surface area contributed by atoms with Crippen LogP contribution in [0.15, 0.2) is 0 Å². The van der Waals surface area contributed by atoms with E-state index in [9.17, 15) is 22.8 Å². The average Bonchev–Trinajstić information content (AvgIpc) is 2.17. The highest BCUT2D eigenvalue weighted by Gasteiger charge is 2.31. The number of carbonyl (C=O) groups is 2. The first-order chi connectivity index (χ1) is 7.29. The number of hydrogen-bond acceptors (Lipinski definition) is 2. The molecule has 1 saturated heterocycles. The number of likely N-dealkylation sites (tertiary alicyclic amines) is 1. The Labute approximate surface area is 91.6 Å². The minimum Gasteiger partial charge on any atom is -0.342 e. The molecule has 0 N–H and O–H groups in total. The van der Waals surface area contributed by atoms with Gasteiger partial charge in [0.2, 0.25) is 5.91 Å². The standard InChI is InChI=1S/C10H14F3NO2/c1-7-6-14(5-3-8(7)15)9(16)2-4-10(11,12)13/h7H,2-6H2,1H3. The molecule has 0 aliphatic carbocycles. The first-order valence-electron chi connectivity index (χ1n) is 5.17. The van der Waals surface area contributed by atoms with Crippen molar-refractivity contribution in [2.75, 3.05) is 13.1 Å². The van der Waals surface area contributed by atoms with Crippen LogP contribution in [0, 0.1) is 5.92 Å². The van der Waals surface area contributed by atoms with E-state index in [1.165, 1.54) is 4.90 Å². The summed E-state index contributed by atoms with van der Waals surface area (Å²) in [5.74, 6) is -0.708. The van der Waals surface area contributed by atoms with Crippen LogP contribution in [-0.4, -0.2) is 35.9 Å². The van der Waals surface area contributed by atoms with Crippen molar-refractivity contribution in [1.82, 2.24) is 4.90 Å². The Bertz CT molecular complexity index is 288. The van der Waals surface area contributed by atoms with E-state index in [0.29, 0.717) is 0 Å². The monoisotopic (exact) mass is 237 g/mol. The van der Waals surface area contributed by atoms with E-state index in [1.54, 1.807) is 6.92 Å². The largest absolute Gasteiger partial charge is 0.389 e. The van der Waals surface area contributed by atoms with Crippen LogP contribution in [0.5, 0.6) is 0 Å². The summed E-state index contributed by atoms with van der Waals surface area (Å²) in [6.45, 7) is 2.18. The van der Waals surface area contributed by atoms with Crippen LogP contribution >= 0.6 is 0 Å².